The second kappa shape index (κ2) is 10.3. The largest absolute Gasteiger partial charge is 0.381 e. The molecule has 0 aromatic heterocycles. The summed E-state index contributed by atoms with van der Waals surface area (Å²) < 4.78 is 5.64. The molecule has 5 heteroatoms. The summed E-state index contributed by atoms with van der Waals surface area (Å²) in [5.41, 5.74) is 1.24. The summed E-state index contributed by atoms with van der Waals surface area (Å²) in [7, 11) is 0. The van der Waals surface area contributed by atoms with Crippen molar-refractivity contribution >= 4 is 29.7 Å². The fourth-order valence-corrected chi connectivity index (χ4v) is 2.80. The first-order valence-electron chi connectivity index (χ1n) is 7.96. The summed E-state index contributed by atoms with van der Waals surface area (Å²) in [5.74, 6) is 0.631. The van der Waals surface area contributed by atoms with Crippen LogP contribution in [0.2, 0.25) is 5.02 Å². The van der Waals surface area contributed by atoms with E-state index >= 15 is 0 Å². The van der Waals surface area contributed by atoms with Gasteiger partial charge in [-0.15, -0.1) is 12.4 Å². The van der Waals surface area contributed by atoms with E-state index in [2.05, 4.69) is 35.8 Å². The van der Waals surface area contributed by atoms with Gasteiger partial charge in [0, 0.05) is 56.6 Å². The van der Waals surface area contributed by atoms with Crippen LogP contribution in [0.1, 0.15) is 20.3 Å². The average molecular weight is 347 g/mol. The van der Waals surface area contributed by atoms with E-state index in [1.165, 1.54) is 5.69 Å². The fourth-order valence-electron chi connectivity index (χ4n) is 2.61. The Balaban J connectivity index is 0.00000242. The first kappa shape index (κ1) is 19.6. The number of hydrogen-bond acceptors (Lipinski definition) is 3. The van der Waals surface area contributed by atoms with E-state index < -0.39 is 0 Å². The third-order valence-corrected chi connectivity index (χ3v) is 3.99. The van der Waals surface area contributed by atoms with Gasteiger partial charge in [-0.05, 0) is 30.5 Å². The maximum absolute atomic E-state index is 6.06. The highest BCUT2D eigenvalue weighted by atomic mass is 35.5. The summed E-state index contributed by atoms with van der Waals surface area (Å²) in [4.78, 5) is 4.94. The normalized spacial score (nSPS) is 15.9. The Bertz CT molecular complexity index is 421. The van der Waals surface area contributed by atoms with E-state index in [1.807, 2.05) is 12.1 Å². The smallest absolute Gasteiger partial charge is 0.0489 e. The van der Waals surface area contributed by atoms with Crippen molar-refractivity contribution in [2.45, 2.75) is 20.3 Å². The van der Waals surface area contributed by atoms with Crippen LogP contribution in [0.3, 0.4) is 0 Å². The summed E-state index contributed by atoms with van der Waals surface area (Å²) in [6.07, 6.45) is 1.13. The Morgan fingerprint density at radius 3 is 2.55 bits per heavy atom. The first-order chi connectivity index (χ1) is 10.1. The van der Waals surface area contributed by atoms with Crippen molar-refractivity contribution in [3.63, 3.8) is 0 Å². The Morgan fingerprint density at radius 1 is 1.18 bits per heavy atom. The Labute approximate surface area is 146 Å². The third kappa shape index (κ3) is 6.74. The molecular formula is C17H28Cl2N2O. The zero-order valence-electron chi connectivity index (χ0n) is 13.6. The molecule has 1 aliphatic heterocycles. The number of piperazine rings is 1. The lowest BCUT2D eigenvalue weighted by Crippen LogP contribution is -2.46. The molecule has 1 heterocycles. The van der Waals surface area contributed by atoms with Crippen molar-refractivity contribution in [3.8, 4) is 0 Å². The minimum atomic E-state index is 0. The zero-order valence-corrected chi connectivity index (χ0v) is 15.2. The number of rotatable bonds is 7. The SMILES string of the molecule is CC(C)COCCCN1CCN(c2cccc(Cl)c2)CC1.Cl. The molecule has 0 spiro atoms. The highest BCUT2D eigenvalue weighted by Crippen LogP contribution is 2.20. The van der Waals surface area contributed by atoms with Crippen LogP contribution >= 0.6 is 24.0 Å². The standard InChI is InChI=1S/C17H27ClN2O.ClH/c1-15(2)14-21-12-4-7-19-8-10-20(11-9-19)17-6-3-5-16(18)13-17;/h3,5-6,13,15H,4,7-12,14H2,1-2H3;1H. The van der Waals surface area contributed by atoms with Crippen LogP contribution < -0.4 is 4.90 Å². The van der Waals surface area contributed by atoms with Crippen molar-refractivity contribution in [1.82, 2.24) is 4.90 Å². The van der Waals surface area contributed by atoms with Crippen molar-refractivity contribution in [1.29, 1.82) is 0 Å². The second-order valence-corrected chi connectivity index (χ2v) is 6.57. The van der Waals surface area contributed by atoms with Crippen LogP contribution in [-0.4, -0.2) is 50.8 Å². The number of halogens is 2. The van der Waals surface area contributed by atoms with Crippen LogP contribution in [0.5, 0.6) is 0 Å². The number of anilines is 1. The zero-order chi connectivity index (χ0) is 15.1. The molecule has 3 nitrogen and oxygen atoms in total. The monoisotopic (exact) mass is 346 g/mol. The van der Waals surface area contributed by atoms with Gasteiger partial charge in [-0.1, -0.05) is 31.5 Å². The molecule has 1 fully saturated rings. The predicted molar refractivity (Wildman–Crippen MR) is 97.6 cm³/mol. The number of benzene rings is 1. The summed E-state index contributed by atoms with van der Waals surface area (Å²) in [6.45, 7) is 11.7. The lowest BCUT2D eigenvalue weighted by molar-refractivity contribution is 0.0985. The van der Waals surface area contributed by atoms with E-state index in [0.717, 1.165) is 57.4 Å². The molecule has 0 saturated carbocycles. The lowest BCUT2D eigenvalue weighted by atomic mass is 10.2. The summed E-state index contributed by atoms with van der Waals surface area (Å²) in [6, 6.07) is 8.15. The topological polar surface area (TPSA) is 15.7 Å². The fraction of sp³-hybridized carbons (Fsp3) is 0.647. The number of nitrogens with zero attached hydrogens (tertiary/aromatic N) is 2. The van der Waals surface area contributed by atoms with E-state index in [9.17, 15) is 0 Å². The quantitative estimate of drug-likeness (QED) is 0.695. The molecule has 0 atom stereocenters. The summed E-state index contributed by atoms with van der Waals surface area (Å²) >= 11 is 6.06. The van der Waals surface area contributed by atoms with Crippen LogP contribution in [0.4, 0.5) is 5.69 Å². The molecule has 0 N–H and O–H groups in total. The third-order valence-electron chi connectivity index (χ3n) is 3.76. The molecule has 0 unspecified atom stereocenters. The molecule has 0 amide bonds. The minimum Gasteiger partial charge on any atom is -0.381 e. The molecular weight excluding hydrogens is 319 g/mol. The van der Waals surface area contributed by atoms with Crippen molar-refractivity contribution in [3.05, 3.63) is 29.3 Å². The Kier molecular flexibility index (Phi) is 9.18. The average Bonchev–Trinajstić information content (AvgIpc) is 2.47. The van der Waals surface area contributed by atoms with Gasteiger partial charge in [-0.2, -0.15) is 0 Å². The molecule has 1 saturated heterocycles. The molecule has 126 valence electrons. The predicted octanol–water partition coefficient (Wildman–Crippen LogP) is 3.95. The van der Waals surface area contributed by atoms with Gasteiger partial charge in [0.2, 0.25) is 0 Å². The maximum Gasteiger partial charge on any atom is 0.0489 e. The van der Waals surface area contributed by atoms with Crippen molar-refractivity contribution < 1.29 is 4.74 Å². The van der Waals surface area contributed by atoms with Crippen LogP contribution in [0.25, 0.3) is 0 Å². The lowest BCUT2D eigenvalue weighted by Gasteiger charge is -2.36. The van der Waals surface area contributed by atoms with Crippen LogP contribution in [0, 0.1) is 5.92 Å². The van der Waals surface area contributed by atoms with E-state index in [4.69, 9.17) is 16.3 Å². The van der Waals surface area contributed by atoms with Gasteiger partial charge in [0.1, 0.15) is 0 Å². The Hall–Kier alpha value is -0.480. The molecule has 1 aliphatic rings. The highest BCUT2D eigenvalue weighted by molar-refractivity contribution is 6.30. The van der Waals surface area contributed by atoms with Gasteiger partial charge in [-0.3, -0.25) is 4.90 Å². The molecule has 0 bridgehead atoms. The maximum atomic E-state index is 6.06. The van der Waals surface area contributed by atoms with Gasteiger partial charge >= 0.3 is 0 Å². The molecule has 0 aliphatic carbocycles. The molecule has 1 aromatic carbocycles. The van der Waals surface area contributed by atoms with E-state index in [-0.39, 0.29) is 12.4 Å². The minimum absolute atomic E-state index is 0. The second-order valence-electron chi connectivity index (χ2n) is 6.13. The van der Waals surface area contributed by atoms with E-state index in [0.29, 0.717) is 5.92 Å². The van der Waals surface area contributed by atoms with Gasteiger partial charge in [-0.25, -0.2) is 0 Å². The molecule has 1 aromatic rings. The summed E-state index contributed by atoms with van der Waals surface area (Å²) in [5, 5.41) is 0.817. The molecule has 0 radical (unpaired) electrons. The van der Waals surface area contributed by atoms with E-state index in [1.54, 1.807) is 0 Å². The van der Waals surface area contributed by atoms with Gasteiger partial charge in [0.15, 0.2) is 0 Å². The van der Waals surface area contributed by atoms with Crippen LogP contribution in [0.15, 0.2) is 24.3 Å². The molecule has 2 rings (SSSR count). The van der Waals surface area contributed by atoms with Gasteiger partial charge in [0.25, 0.3) is 0 Å². The van der Waals surface area contributed by atoms with Crippen molar-refractivity contribution in [2.75, 3.05) is 50.8 Å². The van der Waals surface area contributed by atoms with Gasteiger partial charge in [0.05, 0.1) is 0 Å². The Morgan fingerprint density at radius 2 is 1.91 bits per heavy atom. The number of ether oxygens (including phenoxy) is 1. The van der Waals surface area contributed by atoms with Gasteiger partial charge < -0.3 is 9.64 Å². The van der Waals surface area contributed by atoms with Crippen LogP contribution in [-0.2, 0) is 4.74 Å². The highest BCUT2D eigenvalue weighted by Gasteiger charge is 2.16. The first-order valence-corrected chi connectivity index (χ1v) is 8.33. The van der Waals surface area contributed by atoms with Crippen molar-refractivity contribution in [2.24, 2.45) is 5.92 Å². The molecule has 22 heavy (non-hydrogen) atoms. The number of hydrogen-bond donors (Lipinski definition) is 0.